The summed E-state index contributed by atoms with van der Waals surface area (Å²) in [6.07, 6.45) is 0. The third-order valence-corrected chi connectivity index (χ3v) is 5.45. The zero-order valence-electron chi connectivity index (χ0n) is 17.0. The molecule has 152 valence electrons. The number of nitrogens with zero attached hydrogens (tertiary/aromatic N) is 3. The number of benzene rings is 2. The van der Waals surface area contributed by atoms with Crippen molar-refractivity contribution in [2.45, 2.75) is 27.3 Å². The molecule has 0 aliphatic rings. The number of aromatic nitrogens is 3. The lowest BCUT2D eigenvalue weighted by atomic mass is 10.1. The molecule has 0 radical (unpaired) electrons. The van der Waals surface area contributed by atoms with Crippen molar-refractivity contribution in [3.8, 4) is 11.3 Å². The fourth-order valence-corrected chi connectivity index (χ4v) is 3.91. The standard InChI is InChI=1S/C23H22N4O2S/c1-14(2)12-27-23(29)19-7-5-4-6-18(19)21(26-27)22(28)25-17-10-8-16(9-11-17)20-13-30-15(3)24-20/h4-11,13-14H,12H2,1-3H3,(H,25,28). The minimum absolute atomic E-state index is 0.182. The molecule has 1 N–H and O–H groups in total. The molecule has 0 atom stereocenters. The third kappa shape index (κ3) is 4.02. The van der Waals surface area contributed by atoms with Crippen LogP contribution in [0.25, 0.3) is 22.0 Å². The van der Waals surface area contributed by atoms with Crippen molar-refractivity contribution in [1.29, 1.82) is 0 Å². The van der Waals surface area contributed by atoms with Crippen molar-refractivity contribution in [3.63, 3.8) is 0 Å². The van der Waals surface area contributed by atoms with Gasteiger partial charge in [0.05, 0.1) is 16.1 Å². The summed E-state index contributed by atoms with van der Waals surface area (Å²) in [5, 5.41) is 11.4. The van der Waals surface area contributed by atoms with Crippen molar-refractivity contribution in [1.82, 2.24) is 14.8 Å². The molecule has 2 aromatic heterocycles. The van der Waals surface area contributed by atoms with Crippen molar-refractivity contribution in [2.75, 3.05) is 5.32 Å². The first-order valence-electron chi connectivity index (χ1n) is 9.76. The molecule has 0 bridgehead atoms. The van der Waals surface area contributed by atoms with E-state index < -0.39 is 0 Å². The van der Waals surface area contributed by atoms with Gasteiger partial charge in [-0.3, -0.25) is 9.59 Å². The van der Waals surface area contributed by atoms with Gasteiger partial charge in [0, 0.05) is 28.6 Å². The van der Waals surface area contributed by atoms with Crippen LogP contribution in [0.4, 0.5) is 5.69 Å². The number of rotatable bonds is 5. The van der Waals surface area contributed by atoms with Crippen molar-refractivity contribution >= 4 is 33.7 Å². The van der Waals surface area contributed by atoms with E-state index in [2.05, 4.69) is 15.4 Å². The van der Waals surface area contributed by atoms with E-state index in [-0.39, 0.29) is 23.1 Å². The number of hydrogen-bond donors (Lipinski definition) is 1. The molecule has 2 aromatic carbocycles. The highest BCUT2D eigenvalue weighted by molar-refractivity contribution is 7.09. The second-order valence-electron chi connectivity index (χ2n) is 7.56. The Balaban J connectivity index is 1.66. The molecule has 0 unspecified atom stereocenters. The lowest BCUT2D eigenvalue weighted by Gasteiger charge is -2.13. The Bertz CT molecular complexity index is 1270. The molecular formula is C23H22N4O2S. The minimum atomic E-state index is -0.346. The summed E-state index contributed by atoms with van der Waals surface area (Å²) >= 11 is 1.60. The second kappa shape index (κ2) is 8.20. The van der Waals surface area contributed by atoms with E-state index >= 15 is 0 Å². The Kier molecular flexibility index (Phi) is 5.46. The maximum Gasteiger partial charge on any atom is 0.276 e. The second-order valence-corrected chi connectivity index (χ2v) is 8.62. The zero-order valence-corrected chi connectivity index (χ0v) is 17.9. The van der Waals surface area contributed by atoms with E-state index in [4.69, 9.17) is 0 Å². The molecule has 2 heterocycles. The first-order valence-corrected chi connectivity index (χ1v) is 10.6. The highest BCUT2D eigenvalue weighted by Crippen LogP contribution is 2.23. The number of nitrogens with one attached hydrogen (secondary N) is 1. The summed E-state index contributed by atoms with van der Waals surface area (Å²) in [4.78, 5) is 30.3. The summed E-state index contributed by atoms with van der Waals surface area (Å²) in [6.45, 7) is 6.44. The van der Waals surface area contributed by atoms with Gasteiger partial charge >= 0.3 is 0 Å². The Labute approximate surface area is 178 Å². The van der Waals surface area contributed by atoms with Crippen LogP contribution >= 0.6 is 11.3 Å². The van der Waals surface area contributed by atoms with E-state index in [1.807, 2.05) is 50.4 Å². The predicted octanol–water partition coefficient (Wildman–Crippen LogP) is 4.74. The van der Waals surface area contributed by atoms with Crippen LogP contribution in [0, 0.1) is 12.8 Å². The van der Waals surface area contributed by atoms with Crippen LogP contribution in [0.5, 0.6) is 0 Å². The van der Waals surface area contributed by atoms with Gasteiger partial charge in [0.15, 0.2) is 5.69 Å². The van der Waals surface area contributed by atoms with E-state index in [0.717, 1.165) is 16.3 Å². The van der Waals surface area contributed by atoms with E-state index in [9.17, 15) is 9.59 Å². The van der Waals surface area contributed by atoms with Crippen LogP contribution in [-0.2, 0) is 6.54 Å². The zero-order chi connectivity index (χ0) is 21.3. The van der Waals surface area contributed by atoms with Gasteiger partial charge in [-0.05, 0) is 31.0 Å². The highest BCUT2D eigenvalue weighted by Gasteiger charge is 2.17. The van der Waals surface area contributed by atoms with Gasteiger partial charge < -0.3 is 5.32 Å². The first-order chi connectivity index (χ1) is 14.4. The number of amides is 1. The SMILES string of the molecule is Cc1nc(-c2ccc(NC(=O)c3nn(CC(C)C)c(=O)c4ccccc34)cc2)cs1. The van der Waals surface area contributed by atoms with Crippen LogP contribution in [0.2, 0.25) is 0 Å². The average Bonchev–Trinajstić information content (AvgIpc) is 3.16. The van der Waals surface area contributed by atoms with Crippen molar-refractivity contribution in [2.24, 2.45) is 5.92 Å². The van der Waals surface area contributed by atoms with Crippen molar-refractivity contribution in [3.05, 3.63) is 75.0 Å². The lowest BCUT2D eigenvalue weighted by Crippen LogP contribution is -2.29. The monoisotopic (exact) mass is 418 g/mol. The quantitative estimate of drug-likeness (QED) is 0.508. The molecule has 0 saturated carbocycles. The van der Waals surface area contributed by atoms with Crippen LogP contribution in [0.1, 0.15) is 29.3 Å². The highest BCUT2D eigenvalue weighted by atomic mass is 32.1. The molecule has 7 heteroatoms. The van der Waals surface area contributed by atoms with Gasteiger partial charge in [-0.15, -0.1) is 11.3 Å². The topological polar surface area (TPSA) is 76.9 Å². The number of thiazole rings is 1. The summed E-state index contributed by atoms with van der Waals surface area (Å²) < 4.78 is 1.38. The fourth-order valence-electron chi connectivity index (χ4n) is 3.28. The molecule has 4 rings (SSSR count). The number of fused-ring (bicyclic) bond motifs is 1. The largest absolute Gasteiger partial charge is 0.321 e. The molecule has 30 heavy (non-hydrogen) atoms. The van der Waals surface area contributed by atoms with E-state index in [1.54, 1.807) is 35.6 Å². The predicted molar refractivity (Wildman–Crippen MR) is 121 cm³/mol. The maximum absolute atomic E-state index is 13.0. The molecule has 0 aliphatic heterocycles. The Morgan fingerprint density at radius 2 is 1.80 bits per heavy atom. The lowest BCUT2D eigenvalue weighted by molar-refractivity contribution is 0.102. The van der Waals surface area contributed by atoms with Gasteiger partial charge in [-0.2, -0.15) is 5.10 Å². The molecule has 1 amide bonds. The molecular weight excluding hydrogens is 396 g/mol. The third-order valence-electron chi connectivity index (χ3n) is 4.68. The Morgan fingerprint density at radius 1 is 1.10 bits per heavy atom. The number of carbonyl (C=O) groups is 1. The summed E-state index contributed by atoms with van der Waals surface area (Å²) in [6, 6.07) is 14.6. The Morgan fingerprint density at radius 3 is 2.43 bits per heavy atom. The molecule has 0 spiro atoms. The normalized spacial score (nSPS) is 11.2. The molecule has 0 saturated heterocycles. The van der Waals surface area contributed by atoms with Gasteiger partial charge in [-0.25, -0.2) is 9.67 Å². The van der Waals surface area contributed by atoms with Crippen LogP contribution in [-0.4, -0.2) is 20.7 Å². The minimum Gasteiger partial charge on any atom is -0.321 e. The number of hydrogen-bond acceptors (Lipinski definition) is 5. The fraction of sp³-hybridized carbons (Fsp3) is 0.217. The maximum atomic E-state index is 13.0. The molecule has 0 fully saturated rings. The van der Waals surface area contributed by atoms with Gasteiger partial charge in [0.1, 0.15) is 0 Å². The average molecular weight is 419 g/mol. The van der Waals surface area contributed by atoms with E-state index in [0.29, 0.717) is 23.0 Å². The van der Waals surface area contributed by atoms with Gasteiger partial charge in [0.2, 0.25) is 0 Å². The van der Waals surface area contributed by atoms with Gasteiger partial charge in [0.25, 0.3) is 11.5 Å². The number of carbonyl (C=O) groups excluding carboxylic acids is 1. The number of anilines is 1. The first kappa shape index (κ1) is 20.0. The summed E-state index contributed by atoms with van der Waals surface area (Å²) in [7, 11) is 0. The van der Waals surface area contributed by atoms with Crippen LogP contribution in [0.3, 0.4) is 0 Å². The molecule has 6 nitrogen and oxygen atoms in total. The Hall–Kier alpha value is -3.32. The smallest absolute Gasteiger partial charge is 0.276 e. The summed E-state index contributed by atoms with van der Waals surface area (Å²) in [5.41, 5.74) is 2.63. The number of aryl methyl sites for hydroxylation is 1. The van der Waals surface area contributed by atoms with E-state index in [1.165, 1.54) is 4.68 Å². The van der Waals surface area contributed by atoms with Crippen molar-refractivity contribution < 1.29 is 4.79 Å². The summed E-state index contributed by atoms with van der Waals surface area (Å²) in [5.74, 6) is -0.116. The van der Waals surface area contributed by atoms with Gasteiger partial charge in [-0.1, -0.05) is 44.2 Å². The molecule has 4 aromatic rings. The van der Waals surface area contributed by atoms with Crippen LogP contribution < -0.4 is 10.9 Å². The molecule has 0 aliphatic carbocycles. The van der Waals surface area contributed by atoms with Crippen LogP contribution in [0.15, 0.2) is 58.7 Å².